The zero-order valence-electron chi connectivity index (χ0n) is 26.3. The summed E-state index contributed by atoms with van der Waals surface area (Å²) in [6.45, 7) is 0. The van der Waals surface area contributed by atoms with Crippen molar-refractivity contribution in [2.24, 2.45) is 0 Å². The molecule has 2 heterocycles. The molecule has 0 unspecified atom stereocenters. The number of nitrogens with one attached hydrogen (secondary N) is 2. The van der Waals surface area contributed by atoms with Crippen LogP contribution in [0.5, 0.6) is 34.5 Å². The molecule has 236 valence electrons. The van der Waals surface area contributed by atoms with Crippen LogP contribution in [0.3, 0.4) is 0 Å². The van der Waals surface area contributed by atoms with Crippen LogP contribution in [0.25, 0.3) is 23.3 Å². The number of para-hydroxylation sites is 2. The van der Waals surface area contributed by atoms with Gasteiger partial charge in [0.2, 0.25) is 0 Å². The van der Waals surface area contributed by atoms with Gasteiger partial charge in [0.05, 0.1) is 53.8 Å². The van der Waals surface area contributed by atoms with Gasteiger partial charge in [-0.25, -0.2) is 0 Å². The lowest BCUT2D eigenvalue weighted by Crippen LogP contribution is -2.04. The topological polar surface area (TPSA) is 114 Å². The minimum atomic E-state index is -0.147. The third kappa shape index (κ3) is 6.18. The molecule has 46 heavy (non-hydrogen) atoms. The van der Waals surface area contributed by atoms with E-state index in [2.05, 4.69) is 10.6 Å². The summed E-state index contributed by atoms with van der Waals surface area (Å²) in [6, 6.07) is 22.1. The van der Waals surface area contributed by atoms with E-state index in [1.807, 2.05) is 48.5 Å². The standard InChI is InChI=1S/2C18H17NO4/c2*1-21-11-8-16(22-2)14(17(9-11)23-3)10-13-12-6-4-5-7-15(12)19-18(13)20/h2*4-10H,1-3H3,(H,19,20)/b2*13-10+. The van der Waals surface area contributed by atoms with Crippen molar-refractivity contribution in [3.8, 4) is 34.5 Å². The minimum Gasteiger partial charge on any atom is -0.496 e. The quantitative estimate of drug-likeness (QED) is 0.217. The Labute approximate surface area is 267 Å². The van der Waals surface area contributed by atoms with Crippen molar-refractivity contribution >= 4 is 46.5 Å². The first-order chi connectivity index (χ1) is 22.3. The van der Waals surface area contributed by atoms with Gasteiger partial charge in [0.25, 0.3) is 11.8 Å². The van der Waals surface area contributed by atoms with Crippen molar-refractivity contribution in [1.82, 2.24) is 0 Å². The van der Waals surface area contributed by atoms with E-state index in [1.165, 1.54) is 0 Å². The Balaban J connectivity index is 0.000000181. The van der Waals surface area contributed by atoms with E-state index in [0.29, 0.717) is 56.8 Å². The molecular formula is C36H34N2O8. The van der Waals surface area contributed by atoms with Gasteiger partial charge < -0.3 is 39.1 Å². The van der Waals surface area contributed by atoms with Crippen LogP contribution in [0, 0.1) is 0 Å². The van der Waals surface area contributed by atoms with Gasteiger partial charge in [0.15, 0.2) is 0 Å². The average molecular weight is 623 g/mol. The normalized spacial score (nSPS) is 14.4. The molecule has 6 rings (SSSR count). The minimum absolute atomic E-state index is 0.147. The summed E-state index contributed by atoms with van der Waals surface area (Å²) in [7, 11) is 9.43. The van der Waals surface area contributed by atoms with Crippen LogP contribution in [0.4, 0.5) is 11.4 Å². The second-order valence-electron chi connectivity index (χ2n) is 10.0. The number of carbonyl (C=O) groups excluding carboxylic acids is 2. The van der Waals surface area contributed by atoms with Gasteiger partial charge in [-0.15, -0.1) is 0 Å². The molecular weight excluding hydrogens is 588 g/mol. The number of hydrogen-bond donors (Lipinski definition) is 2. The van der Waals surface area contributed by atoms with E-state index < -0.39 is 0 Å². The first-order valence-corrected chi connectivity index (χ1v) is 14.2. The molecule has 0 aromatic heterocycles. The molecule has 10 heteroatoms. The first-order valence-electron chi connectivity index (χ1n) is 14.2. The smallest absolute Gasteiger partial charge is 0.256 e. The largest absolute Gasteiger partial charge is 0.496 e. The first kappa shape index (κ1) is 31.5. The van der Waals surface area contributed by atoms with Crippen LogP contribution >= 0.6 is 0 Å². The highest BCUT2D eigenvalue weighted by atomic mass is 16.5. The summed E-state index contributed by atoms with van der Waals surface area (Å²) in [5.41, 5.74) is 5.85. The molecule has 4 aromatic carbocycles. The number of carbonyl (C=O) groups is 2. The zero-order chi connectivity index (χ0) is 32.8. The van der Waals surface area contributed by atoms with Gasteiger partial charge >= 0.3 is 0 Å². The maximum Gasteiger partial charge on any atom is 0.256 e. The molecule has 2 amide bonds. The van der Waals surface area contributed by atoms with Gasteiger partial charge in [0, 0.05) is 57.9 Å². The number of ether oxygens (including phenoxy) is 6. The summed E-state index contributed by atoms with van der Waals surface area (Å²) in [6.07, 6.45) is 3.55. The van der Waals surface area contributed by atoms with E-state index >= 15 is 0 Å². The maximum absolute atomic E-state index is 12.3. The van der Waals surface area contributed by atoms with Crippen LogP contribution in [0.15, 0.2) is 72.8 Å². The molecule has 0 spiro atoms. The third-order valence-corrected chi connectivity index (χ3v) is 7.50. The molecule has 0 fully saturated rings. The fourth-order valence-electron chi connectivity index (χ4n) is 5.20. The highest BCUT2D eigenvalue weighted by Crippen LogP contribution is 2.41. The Morgan fingerprint density at radius 2 is 0.804 bits per heavy atom. The molecule has 2 aliphatic rings. The van der Waals surface area contributed by atoms with Crippen LogP contribution in [0.2, 0.25) is 0 Å². The number of fused-ring (bicyclic) bond motifs is 2. The summed E-state index contributed by atoms with van der Waals surface area (Å²) >= 11 is 0. The monoisotopic (exact) mass is 622 g/mol. The molecule has 0 aliphatic carbocycles. The number of hydrogen-bond acceptors (Lipinski definition) is 8. The number of rotatable bonds is 8. The van der Waals surface area contributed by atoms with Crippen molar-refractivity contribution in [2.45, 2.75) is 0 Å². The number of methoxy groups -OCH3 is 6. The van der Waals surface area contributed by atoms with Crippen molar-refractivity contribution in [2.75, 3.05) is 53.3 Å². The molecule has 0 radical (unpaired) electrons. The Bertz CT molecular complexity index is 1680. The van der Waals surface area contributed by atoms with Crippen LogP contribution in [0.1, 0.15) is 22.3 Å². The lowest BCUT2D eigenvalue weighted by Gasteiger charge is -2.13. The van der Waals surface area contributed by atoms with E-state index in [1.54, 1.807) is 79.1 Å². The second kappa shape index (κ2) is 13.8. The van der Waals surface area contributed by atoms with Gasteiger partial charge in [-0.2, -0.15) is 0 Å². The fourth-order valence-corrected chi connectivity index (χ4v) is 5.20. The Morgan fingerprint density at radius 3 is 1.11 bits per heavy atom. The van der Waals surface area contributed by atoms with E-state index in [4.69, 9.17) is 28.4 Å². The number of benzene rings is 4. The zero-order valence-corrected chi connectivity index (χ0v) is 26.3. The second-order valence-corrected chi connectivity index (χ2v) is 10.0. The summed E-state index contributed by atoms with van der Waals surface area (Å²) in [5, 5.41) is 5.70. The predicted octanol–water partition coefficient (Wildman–Crippen LogP) is 6.41. The molecule has 2 aliphatic heterocycles. The van der Waals surface area contributed by atoms with Crippen molar-refractivity contribution in [1.29, 1.82) is 0 Å². The van der Waals surface area contributed by atoms with Crippen molar-refractivity contribution in [3.63, 3.8) is 0 Å². The van der Waals surface area contributed by atoms with Gasteiger partial charge in [0.1, 0.15) is 34.5 Å². The molecule has 4 aromatic rings. The third-order valence-electron chi connectivity index (χ3n) is 7.50. The fraction of sp³-hybridized carbons (Fsp3) is 0.167. The van der Waals surface area contributed by atoms with Gasteiger partial charge in [-0.3, -0.25) is 9.59 Å². The van der Waals surface area contributed by atoms with E-state index in [9.17, 15) is 9.59 Å². The SMILES string of the molecule is COc1cc(OC)c(/C=C2/C(=O)Nc3ccccc32)c(OC)c1.COc1cc(OC)c(/C=C2/C(=O)Nc3ccccc32)c(OC)c1. The molecule has 0 atom stereocenters. The van der Waals surface area contributed by atoms with Gasteiger partial charge in [-0.05, 0) is 24.3 Å². The summed E-state index contributed by atoms with van der Waals surface area (Å²) in [4.78, 5) is 24.5. The predicted molar refractivity (Wildman–Crippen MR) is 178 cm³/mol. The molecule has 0 saturated carbocycles. The van der Waals surface area contributed by atoms with Gasteiger partial charge in [-0.1, -0.05) is 36.4 Å². The van der Waals surface area contributed by atoms with E-state index in [0.717, 1.165) is 22.5 Å². The molecule has 2 N–H and O–H groups in total. The summed E-state index contributed by atoms with van der Waals surface area (Å²) in [5.74, 6) is 3.25. The highest BCUT2D eigenvalue weighted by Gasteiger charge is 2.26. The lowest BCUT2D eigenvalue weighted by molar-refractivity contribution is -0.111. The molecule has 10 nitrogen and oxygen atoms in total. The molecule has 0 bridgehead atoms. The Kier molecular flexibility index (Phi) is 9.47. The maximum atomic E-state index is 12.3. The Hall–Kier alpha value is -5.90. The van der Waals surface area contributed by atoms with E-state index in [-0.39, 0.29) is 11.8 Å². The highest BCUT2D eigenvalue weighted by molar-refractivity contribution is 6.35. The average Bonchev–Trinajstić information content (AvgIpc) is 3.59. The van der Waals surface area contributed by atoms with Crippen molar-refractivity contribution in [3.05, 3.63) is 95.1 Å². The molecule has 0 saturated heterocycles. The van der Waals surface area contributed by atoms with Crippen LogP contribution < -0.4 is 39.1 Å². The number of amides is 2. The lowest BCUT2D eigenvalue weighted by atomic mass is 10.0. The summed E-state index contributed by atoms with van der Waals surface area (Å²) < 4.78 is 32.2. The van der Waals surface area contributed by atoms with Crippen LogP contribution in [-0.4, -0.2) is 54.5 Å². The number of anilines is 2. The van der Waals surface area contributed by atoms with Crippen LogP contribution in [-0.2, 0) is 9.59 Å². The Morgan fingerprint density at radius 1 is 0.478 bits per heavy atom. The van der Waals surface area contributed by atoms with Crippen molar-refractivity contribution < 1.29 is 38.0 Å².